The molecule has 0 bridgehead atoms. The Balaban J connectivity index is 1.75. The summed E-state index contributed by atoms with van der Waals surface area (Å²) in [6, 6.07) is 7.54. The Bertz CT molecular complexity index is 980. The molecular formula is C19H20ClN5O3. The minimum Gasteiger partial charge on any atom is -0.491 e. The number of methoxy groups -OCH3 is 1. The van der Waals surface area contributed by atoms with Crippen molar-refractivity contribution >= 4 is 29.2 Å². The Morgan fingerprint density at radius 3 is 2.50 bits per heavy atom. The number of halogens is 1. The van der Waals surface area contributed by atoms with Crippen LogP contribution >= 0.6 is 11.6 Å². The van der Waals surface area contributed by atoms with Gasteiger partial charge in [0.1, 0.15) is 5.60 Å². The number of ether oxygens (including phenoxy) is 2. The zero-order valence-corrected chi connectivity index (χ0v) is 16.7. The van der Waals surface area contributed by atoms with Gasteiger partial charge in [0.2, 0.25) is 5.28 Å². The Morgan fingerprint density at radius 2 is 1.86 bits per heavy atom. The van der Waals surface area contributed by atoms with E-state index >= 15 is 0 Å². The number of anilines is 2. The van der Waals surface area contributed by atoms with Gasteiger partial charge in [-0.05, 0) is 50.1 Å². The molecule has 0 spiro atoms. The van der Waals surface area contributed by atoms with Crippen LogP contribution in [0.4, 0.5) is 16.3 Å². The second-order valence-electron chi connectivity index (χ2n) is 6.91. The largest absolute Gasteiger partial charge is 0.491 e. The Kier molecular flexibility index (Phi) is 5.51. The minimum atomic E-state index is -0.582. The van der Waals surface area contributed by atoms with E-state index in [4.69, 9.17) is 21.1 Å². The van der Waals surface area contributed by atoms with Gasteiger partial charge in [-0.15, -0.1) is 0 Å². The molecule has 2 aromatic heterocycles. The van der Waals surface area contributed by atoms with E-state index in [1.807, 2.05) is 24.3 Å². The lowest BCUT2D eigenvalue weighted by Crippen LogP contribution is -2.27. The molecule has 0 saturated carbocycles. The maximum atomic E-state index is 12.1. The van der Waals surface area contributed by atoms with E-state index in [0.717, 1.165) is 16.8 Å². The second-order valence-corrected chi connectivity index (χ2v) is 7.25. The van der Waals surface area contributed by atoms with E-state index in [2.05, 4.69) is 20.4 Å². The van der Waals surface area contributed by atoms with Crippen LogP contribution in [-0.4, -0.2) is 38.6 Å². The number of carbonyl (C=O) groups excluding carboxylic acids is 1. The maximum Gasteiger partial charge on any atom is 0.435 e. The quantitative estimate of drug-likeness (QED) is 0.642. The molecule has 0 aliphatic carbocycles. The van der Waals surface area contributed by atoms with Gasteiger partial charge < -0.3 is 14.8 Å². The van der Waals surface area contributed by atoms with Crippen molar-refractivity contribution in [2.24, 2.45) is 0 Å². The summed E-state index contributed by atoms with van der Waals surface area (Å²) in [6.45, 7) is 5.42. The average molecular weight is 402 g/mol. The first-order valence-corrected chi connectivity index (χ1v) is 8.85. The van der Waals surface area contributed by atoms with Crippen LogP contribution in [0.2, 0.25) is 5.28 Å². The van der Waals surface area contributed by atoms with Gasteiger partial charge in [-0.25, -0.2) is 9.78 Å². The van der Waals surface area contributed by atoms with Crippen LogP contribution in [0.1, 0.15) is 20.8 Å². The maximum absolute atomic E-state index is 12.1. The highest BCUT2D eigenvalue weighted by Gasteiger charge is 2.18. The first-order valence-electron chi connectivity index (χ1n) is 8.47. The topological polar surface area (TPSA) is 91.2 Å². The number of hydrogen-bond donors (Lipinski definition) is 1. The van der Waals surface area contributed by atoms with Crippen LogP contribution in [0.25, 0.3) is 11.1 Å². The van der Waals surface area contributed by atoms with E-state index in [9.17, 15) is 4.79 Å². The van der Waals surface area contributed by atoms with Gasteiger partial charge in [-0.2, -0.15) is 14.8 Å². The SMILES string of the molecule is COc1cnc(Cl)nc1Nc1ccc(-c2cnn(C(=O)OC(C)(C)C)c2)cc1. The predicted octanol–water partition coefficient (Wildman–Crippen LogP) is 4.53. The molecule has 0 radical (unpaired) electrons. The summed E-state index contributed by atoms with van der Waals surface area (Å²) >= 11 is 5.85. The summed E-state index contributed by atoms with van der Waals surface area (Å²) in [4.78, 5) is 20.1. The fraction of sp³-hybridized carbons (Fsp3) is 0.263. The van der Waals surface area contributed by atoms with Crippen LogP contribution in [-0.2, 0) is 4.74 Å². The molecule has 146 valence electrons. The number of rotatable bonds is 4. The van der Waals surface area contributed by atoms with Crippen molar-refractivity contribution in [2.75, 3.05) is 12.4 Å². The molecule has 0 atom stereocenters. The first-order chi connectivity index (χ1) is 13.2. The van der Waals surface area contributed by atoms with E-state index < -0.39 is 11.7 Å². The Morgan fingerprint density at radius 1 is 1.14 bits per heavy atom. The molecule has 9 heteroatoms. The summed E-state index contributed by atoms with van der Waals surface area (Å²) in [6.07, 6.45) is 4.21. The fourth-order valence-corrected chi connectivity index (χ4v) is 2.48. The third kappa shape index (κ3) is 4.77. The highest BCUT2D eigenvalue weighted by Crippen LogP contribution is 2.27. The van der Waals surface area contributed by atoms with Gasteiger partial charge in [0, 0.05) is 17.4 Å². The highest BCUT2D eigenvalue weighted by molar-refractivity contribution is 6.28. The molecule has 0 aliphatic heterocycles. The van der Waals surface area contributed by atoms with Gasteiger partial charge >= 0.3 is 6.09 Å². The monoisotopic (exact) mass is 401 g/mol. The predicted molar refractivity (Wildman–Crippen MR) is 106 cm³/mol. The van der Waals surface area contributed by atoms with Gasteiger partial charge in [-0.3, -0.25) is 0 Å². The van der Waals surface area contributed by atoms with E-state index in [1.165, 1.54) is 18.0 Å². The molecule has 8 nitrogen and oxygen atoms in total. The summed E-state index contributed by atoms with van der Waals surface area (Å²) in [7, 11) is 1.53. The van der Waals surface area contributed by atoms with Crippen molar-refractivity contribution < 1.29 is 14.3 Å². The first kappa shape index (κ1) is 19.6. The summed E-state index contributed by atoms with van der Waals surface area (Å²) in [5.41, 5.74) is 1.89. The second kappa shape index (κ2) is 7.85. The number of benzene rings is 1. The molecule has 3 aromatic rings. The van der Waals surface area contributed by atoms with Crippen molar-refractivity contribution in [3.05, 3.63) is 48.1 Å². The fourth-order valence-electron chi connectivity index (χ4n) is 2.35. The average Bonchev–Trinajstić information content (AvgIpc) is 3.11. The van der Waals surface area contributed by atoms with Crippen LogP contribution < -0.4 is 10.1 Å². The number of carbonyl (C=O) groups is 1. The van der Waals surface area contributed by atoms with Crippen molar-refractivity contribution in [1.82, 2.24) is 19.7 Å². The zero-order valence-electron chi connectivity index (χ0n) is 15.9. The van der Waals surface area contributed by atoms with E-state index in [-0.39, 0.29) is 5.28 Å². The number of aromatic nitrogens is 4. The highest BCUT2D eigenvalue weighted by atomic mass is 35.5. The van der Waals surface area contributed by atoms with Crippen molar-refractivity contribution in [3.8, 4) is 16.9 Å². The lowest BCUT2D eigenvalue weighted by molar-refractivity contribution is 0.0514. The molecule has 0 saturated heterocycles. The molecule has 0 aliphatic rings. The van der Waals surface area contributed by atoms with Gasteiger partial charge in [0.15, 0.2) is 11.6 Å². The molecule has 2 heterocycles. The Labute approximate surface area is 167 Å². The summed E-state index contributed by atoms with van der Waals surface area (Å²) in [5.74, 6) is 0.945. The van der Waals surface area contributed by atoms with Crippen LogP contribution in [0.3, 0.4) is 0 Å². The molecule has 28 heavy (non-hydrogen) atoms. The lowest BCUT2D eigenvalue weighted by Gasteiger charge is -2.18. The number of nitrogens with one attached hydrogen (secondary N) is 1. The number of nitrogens with zero attached hydrogens (tertiary/aromatic N) is 4. The molecule has 1 N–H and O–H groups in total. The molecule has 0 amide bonds. The lowest BCUT2D eigenvalue weighted by atomic mass is 10.1. The summed E-state index contributed by atoms with van der Waals surface area (Å²) in [5, 5.41) is 7.33. The normalized spacial score (nSPS) is 11.2. The third-order valence-corrected chi connectivity index (χ3v) is 3.77. The van der Waals surface area contributed by atoms with Crippen LogP contribution in [0, 0.1) is 0 Å². The molecule has 3 rings (SSSR count). The van der Waals surface area contributed by atoms with E-state index in [1.54, 1.807) is 33.2 Å². The summed E-state index contributed by atoms with van der Waals surface area (Å²) < 4.78 is 11.7. The van der Waals surface area contributed by atoms with Crippen LogP contribution in [0.15, 0.2) is 42.9 Å². The van der Waals surface area contributed by atoms with Gasteiger partial charge in [-0.1, -0.05) is 12.1 Å². The van der Waals surface area contributed by atoms with Crippen molar-refractivity contribution in [2.45, 2.75) is 26.4 Å². The Hall–Kier alpha value is -3.13. The van der Waals surface area contributed by atoms with E-state index in [0.29, 0.717) is 11.6 Å². The van der Waals surface area contributed by atoms with Crippen molar-refractivity contribution in [3.63, 3.8) is 0 Å². The third-order valence-electron chi connectivity index (χ3n) is 3.59. The molecule has 0 unspecified atom stereocenters. The van der Waals surface area contributed by atoms with Crippen molar-refractivity contribution in [1.29, 1.82) is 0 Å². The van der Waals surface area contributed by atoms with Gasteiger partial charge in [0.25, 0.3) is 0 Å². The smallest absolute Gasteiger partial charge is 0.435 e. The minimum absolute atomic E-state index is 0.120. The molecular weight excluding hydrogens is 382 g/mol. The van der Waals surface area contributed by atoms with Gasteiger partial charge in [0.05, 0.1) is 19.5 Å². The molecule has 1 aromatic carbocycles. The van der Waals surface area contributed by atoms with Crippen LogP contribution in [0.5, 0.6) is 5.75 Å². The molecule has 0 fully saturated rings. The standard InChI is InChI=1S/C19H20ClN5O3/c1-19(2,3)28-18(26)25-11-13(9-22-25)12-5-7-14(8-6-12)23-16-15(27-4)10-21-17(20)24-16/h5-11H,1-4H3,(H,21,23,24). The number of hydrogen-bond acceptors (Lipinski definition) is 7. The zero-order chi connectivity index (χ0) is 20.3.